The van der Waals surface area contributed by atoms with Gasteiger partial charge in [0.15, 0.2) is 4.80 Å². The fraction of sp³-hybridized carbons (Fsp3) is 0.364. The lowest BCUT2D eigenvalue weighted by Crippen LogP contribution is -2.18. The average molecular weight is 431 g/mol. The summed E-state index contributed by atoms with van der Waals surface area (Å²) in [5, 5.41) is 0.477. The fourth-order valence-corrected chi connectivity index (χ4v) is 5.33. The van der Waals surface area contributed by atoms with Crippen LogP contribution in [-0.4, -0.2) is 27.7 Å². The van der Waals surface area contributed by atoms with Gasteiger partial charge in [0, 0.05) is 28.0 Å². The Balaban J connectivity index is 2.06. The van der Waals surface area contributed by atoms with E-state index in [0.717, 1.165) is 27.5 Å². The highest BCUT2D eigenvalue weighted by Gasteiger charge is 2.11. The second-order valence-corrected chi connectivity index (χ2v) is 10.7. The number of carbonyl (C=O) groups excluding carboxylic acids is 1. The van der Waals surface area contributed by atoms with E-state index < -0.39 is 0 Å². The summed E-state index contributed by atoms with van der Waals surface area (Å²) in [7, 11) is 0. The maximum atomic E-state index is 12.9. The first-order valence-corrected chi connectivity index (χ1v) is 12.4. The SMILES string of the molecule is CSCCn1c(=NC(=O)c2cccc(SC(C)C)c2)sc2cc(C)c(C)cc21. The Bertz CT molecular complexity index is 1060. The number of benzene rings is 2. The molecule has 3 rings (SSSR count). The quantitative estimate of drug-likeness (QED) is 0.455. The zero-order chi connectivity index (χ0) is 20.3. The fourth-order valence-electron chi connectivity index (χ4n) is 2.93. The number of carbonyl (C=O) groups is 1. The molecule has 1 amide bonds. The minimum absolute atomic E-state index is 0.177. The molecule has 28 heavy (non-hydrogen) atoms. The van der Waals surface area contributed by atoms with Crippen molar-refractivity contribution >= 4 is 51.0 Å². The van der Waals surface area contributed by atoms with Crippen molar-refractivity contribution in [3.63, 3.8) is 0 Å². The summed E-state index contributed by atoms with van der Waals surface area (Å²) in [4.78, 5) is 19.3. The number of fused-ring (bicyclic) bond motifs is 1. The Morgan fingerprint density at radius 1 is 1.18 bits per heavy atom. The predicted octanol–water partition coefficient (Wildman–Crippen LogP) is 5.92. The highest BCUT2D eigenvalue weighted by molar-refractivity contribution is 7.99. The highest BCUT2D eigenvalue weighted by Crippen LogP contribution is 2.24. The summed E-state index contributed by atoms with van der Waals surface area (Å²) in [6.07, 6.45) is 2.10. The summed E-state index contributed by atoms with van der Waals surface area (Å²) in [5.41, 5.74) is 4.34. The molecular weight excluding hydrogens is 404 g/mol. The average Bonchev–Trinajstić information content (AvgIpc) is 2.96. The van der Waals surface area contributed by atoms with Gasteiger partial charge in [-0.1, -0.05) is 31.3 Å². The monoisotopic (exact) mass is 430 g/mol. The number of aryl methyl sites for hydroxylation is 3. The lowest BCUT2D eigenvalue weighted by molar-refractivity contribution is 0.0997. The third kappa shape index (κ3) is 4.91. The van der Waals surface area contributed by atoms with Gasteiger partial charge in [-0.15, -0.1) is 11.8 Å². The van der Waals surface area contributed by atoms with Gasteiger partial charge in [0.2, 0.25) is 0 Å². The molecule has 3 nitrogen and oxygen atoms in total. The molecule has 2 aromatic carbocycles. The summed E-state index contributed by atoms with van der Waals surface area (Å²) < 4.78 is 3.37. The van der Waals surface area contributed by atoms with Crippen LogP contribution in [0.15, 0.2) is 46.3 Å². The first-order chi connectivity index (χ1) is 13.4. The smallest absolute Gasteiger partial charge is 0.279 e. The van der Waals surface area contributed by atoms with Crippen LogP contribution in [0.2, 0.25) is 0 Å². The third-order valence-corrected chi connectivity index (χ3v) is 7.10. The second-order valence-electron chi connectivity index (χ2n) is 7.04. The zero-order valence-corrected chi connectivity index (χ0v) is 19.4. The molecule has 0 radical (unpaired) electrons. The van der Waals surface area contributed by atoms with Gasteiger partial charge in [-0.05, 0) is 61.6 Å². The van der Waals surface area contributed by atoms with Gasteiger partial charge in [-0.25, -0.2) is 0 Å². The van der Waals surface area contributed by atoms with Gasteiger partial charge in [0.1, 0.15) is 0 Å². The lowest BCUT2D eigenvalue weighted by Gasteiger charge is -2.06. The predicted molar refractivity (Wildman–Crippen MR) is 125 cm³/mol. The van der Waals surface area contributed by atoms with Crippen LogP contribution >= 0.6 is 34.9 Å². The number of hydrogen-bond donors (Lipinski definition) is 0. The summed E-state index contributed by atoms with van der Waals surface area (Å²) >= 11 is 5.16. The maximum Gasteiger partial charge on any atom is 0.279 e. The molecule has 3 aromatic rings. The molecule has 0 aliphatic rings. The van der Waals surface area contributed by atoms with E-state index in [-0.39, 0.29) is 5.91 Å². The first-order valence-electron chi connectivity index (χ1n) is 9.34. The van der Waals surface area contributed by atoms with E-state index in [1.807, 2.05) is 24.3 Å². The maximum absolute atomic E-state index is 12.9. The largest absolute Gasteiger partial charge is 0.315 e. The topological polar surface area (TPSA) is 34.4 Å². The summed E-state index contributed by atoms with van der Waals surface area (Å²) in [6, 6.07) is 12.2. The van der Waals surface area contributed by atoms with E-state index >= 15 is 0 Å². The molecule has 0 atom stereocenters. The van der Waals surface area contributed by atoms with E-state index in [1.54, 1.807) is 34.9 Å². The Morgan fingerprint density at radius 3 is 2.64 bits per heavy atom. The van der Waals surface area contributed by atoms with E-state index in [4.69, 9.17) is 0 Å². The van der Waals surface area contributed by atoms with Crippen LogP contribution < -0.4 is 4.80 Å². The molecule has 6 heteroatoms. The Hall–Kier alpha value is -1.50. The molecule has 0 fully saturated rings. The molecule has 0 unspecified atom stereocenters. The third-order valence-electron chi connectivity index (χ3n) is 4.47. The molecule has 0 aliphatic heterocycles. The van der Waals surface area contributed by atoms with Crippen molar-refractivity contribution in [2.24, 2.45) is 4.99 Å². The second kappa shape index (κ2) is 9.33. The van der Waals surface area contributed by atoms with Gasteiger partial charge >= 0.3 is 0 Å². The number of amides is 1. The van der Waals surface area contributed by atoms with Crippen molar-refractivity contribution in [2.75, 3.05) is 12.0 Å². The number of thiazole rings is 1. The molecule has 1 aromatic heterocycles. The number of hydrogen-bond acceptors (Lipinski definition) is 4. The molecule has 148 valence electrons. The van der Waals surface area contributed by atoms with Crippen LogP contribution in [0, 0.1) is 13.8 Å². The Kier molecular flexibility index (Phi) is 7.07. The number of aromatic nitrogens is 1. The summed E-state index contributed by atoms with van der Waals surface area (Å²) in [6.45, 7) is 9.41. The molecule has 0 aliphatic carbocycles. The number of nitrogens with zero attached hydrogens (tertiary/aromatic N) is 2. The van der Waals surface area contributed by atoms with Crippen LogP contribution in [-0.2, 0) is 6.54 Å². The van der Waals surface area contributed by atoms with Crippen LogP contribution in [0.3, 0.4) is 0 Å². The van der Waals surface area contributed by atoms with Crippen molar-refractivity contribution in [3.05, 3.63) is 57.9 Å². The van der Waals surface area contributed by atoms with Crippen molar-refractivity contribution < 1.29 is 4.79 Å². The molecule has 0 N–H and O–H groups in total. The lowest BCUT2D eigenvalue weighted by atomic mass is 10.1. The minimum Gasteiger partial charge on any atom is -0.315 e. The Labute approximate surface area is 179 Å². The van der Waals surface area contributed by atoms with Crippen molar-refractivity contribution in [1.82, 2.24) is 4.57 Å². The van der Waals surface area contributed by atoms with E-state index in [0.29, 0.717) is 10.8 Å². The first kappa shape index (κ1) is 21.2. The van der Waals surface area contributed by atoms with E-state index in [1.165, 1.54) is 15.8 Å². The normalized spacial score (nSPS) is 12.3. The highest BCUT2D eigenvalue weighted by atomic mass is 32.2. The van der Waals surface area contributed by atoms with Crippen molar-refractivity contribution in [1.29, 1.82) is 0 Å². The van der Waals surface area contributed by atoms with Gasteiger partial charge in [-0.2, -0.15) is 16.8 Å². The van der Waals surface area contributed by atoms with Gasteiger partial charge in [-0.3, -0.25) is 4.79 Å². The Morgan fingerprint density at radius 2 is 1.93 bits per heavy atom. The van der Waals surface area contributed by atoms with Crippen LogP contribution in [0.4, 0.5) is 0 Å². The summed E-state index contributed by atoms with van der Waals surface area (Å²) in [5.74, 6) is 0.810. The van der Waals surface area contributed by atoms with Crippen LogP contribution in [0.25, 0.3) is 10.2 Å². The number of thioether (sulfide) groups is 2. The standard InChI is InChI=1S/C22H26N2OS3/c1-14(2)27-18-8-6-7-17(13-18)21(25)23-22-24(9-10-26-5)19-11-15(3)16(4)12-20(19)28-22/h6-8,11-14H,9-10H2,1-5H3. The molecule has 0 saturated carbocycles. The molecular formula is C22H26N2OS3. The van der Waals surface area contributed by atoms with Gasteiger partial charge < -0.3 is 4.57 Å². The van der Waals surface area contributed by atoms with Crippen LogP contribution in [0.1, 0.15) is 35.3 Å². The molecule has 0 spiro atoms. The van der Waals surface area contributed by atoms with E-state index in [9.17, 15) is 4.79 Å². The number of rotatable bonds is 6. The minimum atomic E-state index is -0.177. The molecule has 0 saturated heterocycles. The van der Waals surface area contributed by atoms with E-state index in [2.05, 4.69) is 55.6 Å². The van der Waals surface area contributed by atoms with Crippen LogP contribution in [0.5, 0.6) is 0 Å². The zero-order valence-electron chi connectivity index (χ0n) is 17.0. The molecule has 0 bridgehead atoms. The van der Waals surface area contributed by atoms with Crippen molar-refractivity contribution in [3.8, 4) is 0 Å². The van der Waals surface area contributed by atoms with Gasteiger partial charge in [0.05, 0.1) is 10.2 Å². The molecule has 1 heterocycles. The van der Waals surface area contributed by atoms with Crippen molar-refractivity contribution in [2.45, 2.75) is 44.4 Å². The van der Waals surface area contributed by atoms with Gasteiger partial charge in [0.25, 0.3) is 5.91 Å².